The lowest BCUT2D eigenvalue weighted by atomic mass is 10.2. The van der Waals surface area contributed by atoms with E-state index < -0.39 is 12.1 Å². The lowest BCUT2D eigenvalue weighted by Gasteiger charge is -2.06. The van der Waals surface area contributed by atoms with Crippen LogP contribution in [0.4, 0.5) is 10.5 Å². The third-order valence-corrected chi connectivity index (χ3v) is 2.27. The Morgan fingerprint density at radius 2 is 2.26 bits per heavy atom. The van der Waals surface area contributed by atoms with Crippen LogP contribution < -0.4 is 5.32 Å². The monoisotopic (exact) mass is 261 g/mol. The molecular formula is C12H11N3O4. The lowest BCUT2D eigenvalue weighted by molar-refractivity contribution is 0.0696. The van der Waals surface area contributed by atoms with Gasteiger partial charge in [-0.2, -0.15) is 0 Å². The van der Waals surface area contributed by atoms with Crippen molar-refractivity contribution in [2.45, 2.75) is 6.61 Å². The van der Waals surface area contributed by atoms with Gasteiger partial charge in [0.05, 0.1) is 23.8 Å². The number of carbonyl (C=O) groups is 2. The van der Waals surface area contributed by atoms with Gasteiger partial charge < -0.3 is 14.8 Å². The molecule has 19 heavy (non-hydrogen) atoms. The van der Waals surface area contributed by atoms with Gasteiger partial charge in [-0.1, -0.05) is 6.07 Å². The zero-order valence-corrected chi connectivity index (χ0v) is 9.79. The molecule has 98 valence electrons. The summed E-state index contributed by atoms with van der Waals surface area (Å²) in [6.07, 6.45) is 2.35. The van der Waals surface area contributed by atoms with Gasteiger partial charge in [-0.3, -0.25) is 5.32 Å². The van der Waals surface area contributed by atoms with Crippen molar-refractivity contribution < 1.29 is 19.4 Å². The standard InChI is InChI=1S/C12H11N3O4/c16-11(17)8-2-1-3-9(4-8)15-12(18)19-6-10-5-13-7-14-10/h1-5,7H,6H2,(H,13,14)(H,15,18)(H,16,17). The average molecular weight is 261 g/mol. The molecule has 0 atom stereocenters. The molecule has 0 saturated heterocycles. The van der Waals surface area contributed by atoms with Crippen LogP contribution in [0.3, 0.4) is 0 Å². The van der Waals surface area contributed by atoms with E-state index in [-0.39, 0.29) is 12.2 Å². The second-order valence-corrected chi connectivity index (χ2v) is 3.66. The van der Waals surface area contributed by atoms with Gasteiger partial charge >= 0.3 is 12.1 Å². The Balaban J connectivity index is 1.91. The number of H-pyrrole nitrogens is 1. The number of carboxylic acids is 1. The maximum absolute atomic E-state index is 11.5. The number of imidazole rings is 1. The van der Waals surface area contributed by atoms with Crippen molar-refractivity contribution in [1.29, 1.82) is 0 Å². The fourth-order valence-electron chi connectivity index (χ4n) is 1.39. The number of anilines is 1. The molecule has 1 heterocycles. The number of nitrogens with one attached hydrogen (secondary N) is 2. The minimum atomic E-state index is -1.06. The van der Waals surface area contributed by atoms with E-state index in [1.54, 1.807) is 12.3 Å². The van der Waals surface area contributed by atoms with Gasteiger partial charge in [-0.15, -0.1) is 0 Å². The van der Waals surface area contributed by atoms with Crippen molar-refractivity contribution in [2.24, 2.45) is 0 Å². The molecule has 1 aromatic carbocycles. The summed E-state index contributed by atoms with van der Waals surface area (Å²) in [7, 11) is 0. The zero-order valence-electron chi connectivity index (χ0n) is 9.79. The Kier molecular flexibility index (Phi) is 3.77. The van der Waals surface area contributed by atoms with Crippen LogP contribution in [-0.4, -0.2) is 27.1 Å². The van der Waals surface area contributed by atoms with Gasteiger partial charge in [0.25, 0.3) is 0 Å². The molecule has 1 amide bonds. The number of nitrogens with zero attached hydrogens (tertiary/aromatic N) is 1. The molecule has 2 aromatic rings. The molecule has 0 aliphatic carbocycles. The average Bonchev–Trinajstić information content (AvgIpc) is 2.90. The van der Waals surface area contributed by atoms with E-state index >= 15 is 0 Å². The molecule has 0 aliphatic rings. The van der Waals surface area contributed by atoms with E-state index in [0.29, 0.717) is 11.4 Å². The number of hydrogen-bond acceptors (Lipinski definition) is 4. The number of ether oxygens (including phenoxy) is 1. The number of aromatic carboxylic acids is 1. The smallest absolute Gasteiger partial charge is 0.412 e. The maximum atomic E-state index is 11.5. The predicted molar refractivity (Wildman–Crippen MR) is 65.8 cm³/mol. The molecule has 1 aromatic heterocycles. The fraction of sp³-hybridized carbons (Fsp3) is 0.0833. The number of benzene rings is 1. The van der Waals surface area contributed by atoms with Crippen LogP contribution in [0.1, 0.15) is 16.1 Å². The number of carboxylic acid groups (broad SMARTS) is 1. The van der Waals surface area contributed by atoms with E-state index in [4.69, 9.17) is 9.84 Å². The lowest BCUT2D eigenvalue weighted by Crippen LogP contribution is -2.14. The zero-order chi connectivity index (χ0) is 13.7. The Morgan fingerprint density at radius 3 is 2.95 bits per heavy atom. The summed E-state index contributed by atoms with van der Waals surface area (Å²) in [4.78, 5) is 28.8. The van der Waals surface area contributed by atoms with Crippen LogP contribution in [-0.2, 0) is 11.3 Å². The van der Waals surface area contributed by atoms with Gasteiger partial charge in [0.1, 0.15) is 6.61 Å². The second-order valence-electron chi connectivity index (χ2n) is 3.66. The number of aromatic amines is 1. The first-order valence-corrected chi connectivity index (χ1v) is 5.39. The molecular weight excluding hydrogens is 250 g/mol. The van der Waals surface area contributed by atoms with Crippen molar-refractivity contribution in [3.8, 4) is 0 Å². The first-order chi connectivity index (χ1) is 9.15. The van der Waals surface area contributed by atoms with Gasteiger partial charge in [0, 0.05) is 5.69 Å². The van der Waals surface area contributed by atoms with E-state index in [2.05, 4.69) is 15.3 Å². The molecule has 0 aliphatic heterocycles. The minimum Gasteiger partial charge on any atom is -0.478 e. The predicted octanol–water partition coefficient (Wildman–Crippen LogP) is 1.86. The molecule has 0 radical (unpaired) electrons. The van der Waals surface area contributed by atoms with Gasteiger partial charge in [0.2, 0.25) is 0 Å². The molecule has 0 saturated carbocycles. The molecule has 7 heteroatoms. The second kappa shape index (κ2) is 5.67. The van der Waals surface area contributed by atoms with Crippen LogP contribution in [0.15, 0.2) is 36.8 Å². The first kappa shape index (κ1) is 12.6. The number of hydrogen-bond donors (Lipinski definition) is 3. The van der Waals surface area contributed by atoms with Crippen molar-refractivity contribution in [3.63, 3.8) is 0 Å². The highest BCUT2D eigenvalue weighted by atomic mass is 16.5. The highest BCUT2D eigenvalue weighted by molar-refractivity contribution is 5.91. The molecule has 0 unspecified atom stereocenters. The molecule has 0 fully saturated rings. The maximum Gasteiger partial charge on any atom is 0.412 e. The molecule has 2 rings (SSSR count). The Bertz CT molecular complexity index is 580. The first-order valence-electron chi connectivity index (χ1n) is 5.39. The van der Waals surface area contributed by atoms with Crippen molar-refractivity contribution >= 4 is 17.7 Å². The van der Waals surface area contributed by atoms with E-state index in [0.717, 1.165) is 0 Å². The SMILES string of the molecule is O=C(Nc1cccc(C(=O)O)c1)OCc1cnc[nH]1. The number of aromatic nitrogens is 2. The molecule has 7 nitrogen and oxygen atoms in total. The largest absolute Gasteiger partial charge is 0.478 e. The summed E-state index contributed by atoms with van der Waals surface area (Å²) in [6, 6.07) is 5.89. The van der Waals surface area contributed by atoms with E-state index in [1.807, 2.05) is 0 Å². The normalized spacial score (nSPS) is 9.89. The van der Waals surface area contributed by atoms with Crippen molar-refractivity contribution in [2.75, 3.05) is 5.32 Å². The third-order valence-electron chi connectivity index (χ3n) is 2.27. The molecule has 0 spiro atoms. The Hall–Kier alpha value is -2.83. The minimum absolute atomic E-state index is 0.0600. The summed E-state index contributed by atoms with van der Waals surface area (Å²) in [5, 5.41) is 11.3. The van der Waals surface area contributed by atoms with Gasteiger partial charge in [0.15, 0.2) is 0 Å². The van der Waals surface area contributed by atoms with Crippen LogP contribution in [0.5, 0.6) is 0 Å². The number of carbonyl (C=O) groups excluding carboxylic acids is 1. The highest BCUT2D eigenvalue weighted by Gasteiger charge is 2.07. The van der Waals surface area contributed by atoms with Crippen LogP contribution >= 0.6 is 0 Å². The van der Waals surface area contributed by atoms with Crippen LogP contribution in [0.25, 0.3) is 0 Å². The molecule has 3 N–H and O–H groups in total. The number of rotatable bonds is 4. The highest BCUT2D eigenvalue weighted by Crippen LogP contribution is 2.11. The van der Waals surface area contributed by atoms with E-state index in [1.165, 1.54) is 24.5 Å². The third kappa shape index (κ3) is 3.56. The van der Waals surface area contributed by atoms with Gasteiger partial charge in [-0.25, -0.2) is 14.6 Å². The summed E-state index contributed by atoms with van der Waals surface area (Å²) in [6.45, 7) is 0.0600. The van der Waals surface area contributed by atoms with Crippen LogP contribution in [0.2, 0.25) is 0 Å². The van der Waals surface area contributed by atoms with Crippen LogP contribution in [0, 0.1) is 0 Å². The quantitative estimate of drug-likeness (QED) is 0.779. The summed E-state index contributed by atoms with van der Waals surface area (Å²) in [5.74, 6) is -1.06. The van der Waals surface area contributed by atoms with Crippen molar-refractivity contribution in [3.05, 3.63) is 48.0 Å². The van der Waals surface area contributed by atoms with E-state index in [9.17, 15) is 9.59 Å². The fourth-order valence-corrected chi connectivity index (χ4v) is 1.39. The summed E-state index contributed by atoms with van der Waals surface area (Å²) in [5.41, 5.74) is 1.11. The number of amides is 1. The summed E-state index contributed by atoms with van der Waals surface area (Å²) >= 11 is 0. The Labute approximate surface area is 108 Å². The van der Waals surface area contributed by atoms with Gasteiger partial charge in [-0.05, 0) is 18.2 Å². The Morgan fingerprint density at radius 1 is 1.42 bits per heavy atom. The molecule has 0 bridgehead atoms. The summed E-state index contributed by atoms with van der Waals surface area (Å²) < 4.78 is 4.92. The van der Waals surface area contributed by atoms with Crippen molar-refractivity contribution in [1.82, 2.24) is 9.97 Å². The topological polar surface area (TPSA) is 104 Å².